The molecule has 3 rings (SSSR count). The maximum atomic E-state index is 13.0. The number of methoxy groups -OCH3 is 1. The van der Waals surface area contributed by atoms with E-state index in [0.29, 0.717) is 25.8 Å². The predicted octanol–water partition coefficient (Wildman–Crippen LogP) is 1.73. The Morgan fingerprint density at radius 1 is 1.17 bits per heavy atom. The van der Waals surface area contributed by atoms with E-state index in [4.69, 9.17) is 4.74 Å². The van der Waals surface area contributed by atoms with E-state index < -0.39 is 11.7 Å². The van der Waals surface area contributed by atoms with Crippen molar-refractivity contribution in [3.05, 3.63) is 36.7 Å². The molecule has 0 N–H and O–H groups in total. The molecule has 0 unspecified atom stereocenters. The third-order valence-electron chi connectivity index (χ3n) is 5.46. The van der Waals surface area contributed by atoms with E-state index in [1.54, 1.807) is 4.80 Å². The molecule has 0 saturated carbocycles. The smallest absolute Gasteiger partial charge is 0.438 e. The third-order valence-corrected chi connectivity index (χ3v) is 5.46. The van der Waals surface area contributed by atoms with Crippen molar-refractivity contribution in [2.75, 3.05) is 38.3 Å². The Kier molecular flexibility index (Phi) is 7.34. The zero-order valence-corrected chi connectivity index (χ0v) is 17.4. The second-order valence-electron chi connectivity index (χ2n) is 7.26. The van der Waals surface area contributed by atoms with E-state index in [9.17, 15) is 9.59 Å². The number of rotatable bonds is 8. The lowest BCUT2D eigenvalue weighted by atomic mass is 9.85. The summed E-state index contributed by atoms with van der Waals surface area (Å²) in [6, 6.07) is 9.55. The molecule has 0 aliphatic carbocycles. The number of anilines is 1. The molecule has 0 radical (unpaired) electrons. The lowest BCUT2D eigenvalue weighted by Crippen LogP contribution is -2.60. The number of carbonyl (C=O) groups excluding carboxylic acids is 2. The minimum atomic E-state index is -0.744. The van der Waals surface area contributed by atoms with Gasteiger partial charge in [0.2, 0.25) is 5.91 Å². The number of tetrazole rings is 1. The molecule has 1 aliphatic rings. The molecule has 0 atom stereocenters. The number of piperidine rings is 1. The van der Waals surface area contributed by atoms with Gasteiger partial charge >= 0.3 is 6.16 Å². The van der Waals surface area contributed by atoms with Crippen LogP contribution in [-0.2, 0) is 20.8 Å². The van der Waals surface area contributed by atoms with Crippen LogP contribution in [0.15, 0.2) is 36.7 Å². The summed E-state index contributed by atoms with van der Waals surface area (Å²) in [5.41, 5.74) is 0.169. The Hall–Kier alpha value is -3.01. The summed E-state index contributed by atoms with van der Waals surface area (Å²) in [4.78, 5) is 30.4. The Balaban J connectivity index is 1.78. The van der Waals surface area contributed by atoms with Crippen LogP contribution in [-0.4, -0.2) is 76.1 Å². The first-order valence-corrected chi connectivity index (χ1v) is 10.1. The number of carbonyl (C=O) groups is 2. The first-order valence-electron chi connectivity index (χ1n) is 10.1. The van der Waals surface area contributed by atoms with Gasteiger partial charge in [-0.3, -0.25) is 4.79 Å². The lowest BCUT2D eigenvalue weighted by molar-refractivity contribution is -0.120. The molecule has 1 fully saturated rings. The molecule has 1 aliphatic heterocycles. The van der Waals surface area contributed by atoms with Crippen molar-refractivity contribution in [1.29, 1.82) is 0 Å². The fraction of sp³-hybridized carbons (Fsp3) is 0.550. The molecule has 1 aromatic carbocycles. The Morgan fingerprint density at radius 2 is 1.90 bits per heavy atom. The summed E-state index contributed by atoms with van der Waals surface area (Å²) in [6.45, 7) is 4.84. The predicted molar refractivity (Wildman–Crippen MR) is 109 cm³/mol. The Bertz CT molecular complexity index is 806. The van der Waals surface area contributed by atoms with E-state index in [-0.39, 0.29) is 12.5 Å². The molecule has 0 spiro atoms. The highest BCUT2D eigenvalue weighted by atomic mass is 16.7. The molecular formula is C20H28N6O4. The number of aromatic nitrogens is 4. The van der Waals surface area contributed by atoms with Crippen LogP contribution in [0.5, 0.6) is 0 Å². The Labute approximate surface area is 175 Å². The fourth-order valence-electron chi connectivity index (χ4n) is 3.82. The van der Waals surface area contributed by atoms with Crippen molar-refractivity contribution < 1.29 is 19.1 Å². The van der Waals surface area contributed by atoms with Crippen molar-refractivity contribution in [1.82, 2.24) is 25.1 Å². The maximum absolute atomic E-state index is 13.0. The summed E-state index contributed by atoms with van der Waals surface area (Å²) >= 11 is 0. The van der Waals surface area contributed by atoms with Gasteiger partial charge in [0.1, 0.15) is 6.61 Å². The summed E-state index contributed by atoms with van der Waals surface area (Å²) in [7, 11) is 1.28. The van der Waals surface area contributed by atoms with Crippen LogP contribution in [0.25, 0.3) is 0 Å². The fourth-order valence-corrected chi connectivity index (χ4v) is 3.82. The molecule has 2 aromatic rings. The van der Waals surface area contributed by atoms with Crippen LogP contribution in [0, 0.1) is 0 Å². The summed E-state index contributed by atoms with van der Waals surface area (Å²) < 4.78 is 10.0. The molecule has 10 heteroatoms. The molecular weight excluding hydrogens is 388 g/mol. The van der Waals surface area contributed by atoms with Crippen molar-refractivity contribution in [2.24, 2.45) is 0 Å². The highest BCUT2D eigenvalue weighted by Gasteiger charge is 2.44. The van der Waals surface area contributed by atoms with Crippen molar-refractivity contribution in [3.8, 4) is 0 Å². The van der Waals surface area contributed by atoms with Gasteiger partial charge in [0.05, 0.1) is 19.2 Å². The number of nitrogens with zero attached hydrogens (tertiary/aromatic N) is 6. The van der Waals surface area contributed by atoms with Crippen molar-refractivity contribution >= 4 is 17.7 Å². The van der Waals surface area contributed by atoms with Gasteiger partial charge in [-0.25, -0.2) is 4.79 Å². The van der Waals surface area contributed by atoms with Gasteiger partial charge in [-0.15, -0.1) is 10.2 Å². The largest absolute Gasteiger partial charge is 0.508 e. The third kappa shape index (κ3) is 5.12. The summed E-state index contributed by atoms with van der Waals surface area (Å²) in [5, 5.41) is 11.6. The molecule has 1 amide bonds. The van der Waals surface area contributed by atoms with Gasteiger partial charge in [0, 0.05) is 31.7 Å². The first-order chi connectivity index (χ1) is 14.6. The molecule has 0 bridgehead atoms. The van der Waals surface area contributed by atoms with E-state index in [0.717, 1.165) is 25.3 Å². The number of likely N-dealkylation sites (tertiary alicyclic amines) is 1. The van der Waals surface area contributed by atoms with Gasteiger partial charge in [-0.2, -0.15) is 4.80 Å². The maximum Gasteiger partial charge on any atom is 0.508 e. The number of benzene rings is 1. The number of ether oxygens (including phenoxy) is 2. The molecule has 30 heavy (non-hydrogen) atoms. The number of hydrogen-bond acceptors (Lipinski definition) is 8. The first kappa shape index (κ1) is 21.7. The van der Waals surface area contributed by atoms with E-state index in [1.807, 2.05) is 42.2 Å². The summed E-state index contributed by atoms with van der Waals surface area (Å²) in [5.74, 6) is -0.00469. The average molecular weight is 416 g/mol. The quantitative estimate of drug-likeness (QED) is 0.600. The van der Waals surface area contributed by atoms with Gasteiger partial charge in [-0.1, -0.05) is 25.1 Å². The minimum absolute atomic E-state index is 0.00469. The standard InChI is InChI=1S/C20H28N6O4/c1-3-18(27)26(17-7-5-4-6-8-17)20(15-30-19(28)29-2)9-11-24(12-10-20)13-14-25-22-16-21-23-25/h4-8,16H,3,9-15H2,1-2H3. The molecule has 1 aromatic heterocycles. The van der Waals surface area contributed by atoms with Crippen molar-refractivity contribution in [3.63, 3.8) is 0 Å². The zero-order valence-electron chi connectivity index (χ0n) is 17.4. The normalized spacial score (nSPS) is 16.1. The summed E-state index contributed by atoms with van der Waals surface area (Å²) in [6.07, 6.45) is 2.35. The molecule has 1 saturated heterocycles. The lowest BCUT2D eigenvalue weighted by Gasteiger charge is -2.48. The van der Waals surface area contributed by atoms with Gasteiger partial charge in [0.25, 0.3) is 0 Å². The van der Waals surface area contributed by atoms with E-state index >= 15 is 0 Å². The van der Waals surface area contributed by atoms with Crippen LogP contribution < -0.4 is 4.90 Å². The SMILES string of the molecule is CCC(=O)N(c1ccccc1)C1(COC(=O)OC)CCN(CCn2ncnn2)CC1. The highest BCUT2D eigenvalue weighted by molar-refractivity contribution is 5.94. The average Bonchev–Trinajstić information content (AvgIpc) is 3.31. The van der Waals surface area contributed by atoms with Crippen LogP contribution in [0.1, 0.15) is 26.2 Å². The van der Waals surface area contributed by atoms with E-state index in [2.05, 4.69) is 25.0 Å². The van der Waals surface area contributed by atoms with E-state index in [1.165, 1.54) is 13.4 Å². The number of hydrogen-bond donors (Lipinski definition) is 0. The van der Waals surface area contributed by atoms with Gasteiger partial charge in [-0.05, 0) is 30.2 Å². The second kappa shape index (κ2) is 10.1. The van der Waals surface area contributed by atoms with Crippen molar-refractivity contribution in [2.45, 2.75) is 38.3 Å². The van der Waals surface area contributed by atoms with Crippen LogP contribution >= 0.6 is 0 Å². The topological polar surface area (TPSA) is 103 Å². The monoisotopic (exact) mass is 416 g/mol. The molecule has 2 heterocycles. The van der Waals surface area contributed by atoms with Crippen LogP contribution in [0.2, 0.25) is 0 Å². The second-order valence-corrected chi connectivity index (χ2v) is 7.26. The highest BCUT2D eigenvalue weighted by Crippen LogP contribution is 2.34. The van der Waals surface area contributed by atoms with Crippen LogP contribution in [0.4, 0.5) is 10.5 Å². The van der Waals surface area contributed by atoms with Gasteiger partial charge in [0.15, 0.2) is 6.33 Å². The minimum Gasteiger partial charge on any atom is -0.438 e. The zero-order chi connectivity index (χ0) is 21.4. The molecule has 10 nitrogen and oxygen atoms in total. The number of para-hydroxylation sites is 1. The number of amides is 1. The van der Waals surface area contributed by atoms with Crippen LogP contribution in [0.3, 0.4) is 0 Å². The Morgan fingerprint density at radius 3 is 2.50 bits per heavy atom. The van der Waals surface area contributed by atoms with Gasteiger partial charge < -0.3 is 19.3 Å². The molecule has 162 valence electrons.